The van der Waals surface area contributed by atoms with Crippen LogP contribution in [0.5, 0.6) is 0 Å². The topological polar surface area (TPSA) is 82.2 Å². The van der Waals surface area contributed by atoms with E-state index in [1.807, 2.05) is 67.2 Å². The summed E-state index contributed by atoms with van der Waals surface area (Å²) in [5.74, 6) is 0.264. The Kier molecular flexibility index (Phi) is 6.01. The summed E-state index contributed by atoms with van der Waals surface area (Å²) in [5, 5.41) is 10.9. The van der Waals surface area contributed by atoms with Gasteiger partial charge in [0.1, 0.15) is 17.5 Å². The number of para-hydroxylation sites is 3. The van der Waals surface area contributed by atoms with E-state index in [9.17, 15) is 14.9 Å². The van der Waals surface area contributed by atoms with Gasteiger partial charge in [-0.1, -0.05) is 43.0 Å². The second kappa shape index (κ2) is 8.89. The fourth-order valence-electron chi connectivity index (χ4n) is 3.94. The van der Waals surface area contributed by atoms with Crippen LogP contribution in [0.15, 0.2) is 69.9 Å². The van der Waals surface area contributed by atoms with Gasteiger partial charge in [-0.3, -0.25) is 14.2 Å². The summed E-state index contributed by atoms with van der Waals surface area (Å²) in [6.07, 6.45) is 0.767. The number of thioether (sulfide) groups is 1. The quantitative estimate of drug-likeness (QED) is 0.247. The molecule has 0 radical (unpaired) electrons. The Morgan fingerprint density at radius 3 is 2.31 bits per heavy atom. The Morgan fingerprint density at radius 1 is 1.06 bits per heavy atom. The van der Waals surface area contributed by atoms with E-state index in [0.29, 0.717) is 28.4 Å². The molecule has 1 aromatic heterocycles. The first-order valence-corrected chi connectivity index (χ1v) is 11.3. The molecule has 3 aromatic rings. The number of aromatic nitrogens is 2. The largest absolute Gasteiger partial charge is 0.328 e. The van der Waals surface area contributed by atoms with Gasteiger partial charge in [0.15, 0.2) is 10.9 Å². The second-order valence-electron chi connectivity index (χ2n) is 7.50. The summed E-state index contributed by atoms with van der Waals surface area (Å²) in [5.41, 5.74) is 2.45. The lowest BCUT2D eigenvalue weighted by Gasteiger charge is -2.20. The molecule has 4 rings (SSSR count). The highest BCUT2D eigenvalue weighted by atomic mass is 32.2. The maximum atomic E-state index is 13.1. The molecule has 162 valence electrons. The predicted molar refractivity (Wildman–Crippen MR) is 128 cm³/mol. The van der Waals surface area contributed by atoms with Crippen molar-refractivity contribution >= 4 is 39.8 Å². The number of Topliss-reactive ketones (excluding diaryl/α,β-unsaturated/α-hetero) is 1. The molecule has 0 amide bonds. The molecule has 0 spiro atoms. The molecule has 7 nitrogen and oxygen atoms in total. The summed E-state index contributed by atoms with van der Waals surface area (Å²) in [6, 6.07) is 17.1. The zero-order chi connectivity index (χ0) is 22.8. The first kappa shape index (κ1) is 21.7. The third kappa shape index (κ3) is 3.65. The number of rotatable bonds is 6. The van der Waals surface area contributed by atoms with Crippen molar-refractivity contribution in [1.29, 1.82) is 5.26 Å². The molecule has 1 aliphatic rings. The molecule has 0 atom stereocenters. The first-order valence-electron chi connectivity index (χ1n) is 10.3. The lowest BCUT2D eigenvalue weighted by Crippen LogP contribution is -2.27. The van der Waals surface area contributed by atoms with E-state index in [0.717, 1.165) is 17.8 Å². The molecule has 0 unspecified atom stereocenters. The minimum absolute atomic E-state index is 0.0128. The van der Waals surface area contributed by atoms with Gasteiger partial charge in [-0.25, -0.2) is 4.98 Å². The van der Waals surface area contributed by atoms with Gasteiger partial charge in [0, 0.05) is 20.6 Å². The van der Waals surface area contributed by atoms with E-state index >= 15 is 0 Å². The van der Waals surface area contributed by atoms with Crippen molar-refractivity contribution in [3.63, 3.8) is 0 Å². The molecule has 0 fully saturated rings. The van der Waals surface area contributed by atoms with Crippen LogP contribution in [0.1, 0.15) is 13.3 Å². The summed E-state index contributed by atoms with van der Waals surface area (Å²) in [7, 11) is 3.69. The van der Waals surface area contributed by atoms with Crippen LogP contribution in [-0.2, 0) is 11.3 Å². The van der Waals surface area contributed by atoms with Gasteiger partial charge in [0.2, 0.25) is 0 Å². The van der Waals surface area contributed by atoms with E-state index in [4.69, 9.17) is 0 Å². The lowest BCUT2D eigenvalue weighted by atomic mass is 10.2. The van der Waals surface area contributed by atoms with Crippen molar-refractivity contribution in [2.24, 2.45) is 0 Å². The minimum Gasteiger partial charge on any atom is -0.328 e. The van der Waals surface area contributed by atoms with Crippen molar-refractivity contribution in [2.75, 3.05) is 29.6 Å². The molecule has 0 aliphatic carbocycles. The number of hydrogen-bond acceptors (Lipinski definition) is 7. The Hall–Kier alpha value is -3.57. The molecule has 1 aliphatic heterocycles. The monoisotopic (exact) mass is 445 g/mol. The summed E-state index contributed by atoms with van der Waals surface area (Å²) in [6.45, 7) is 2.50. The van der Waals surface area contributed by atoms with E-state index in [1.54, 1.807) is 16.7 Å². The zero-order valence-electron chi connectivity index (χ0n) is 18.2. The number of carbonyl (C=O) groups is 1. The highest BCUT2D eigenvalue weighted by Crippen LogP contribution is 2.40. The number of allylic oxidation sites excluding steroid dienone is 1. The third-order valence-electron chi connectivity index (χ3n) is 5.46. The third-order valence-corrected chi connectivity index (χ3v) is 6.44. The van der Waals surface area contributed by atoms with E-state index in [-0.39, 0.29) is 22.7 Å². The second-order valence-corrected chi connectivity index (χ2v) is 8.44. The molecule has 32 heavy (non-hydrogen) atoms. The number of benzene rings is 2. The van der Waals surface area contributed by atoms with Crippen molar-refractivity contribution < 1.29 is 4.79 Å². The number of nitrogens with zero attached hydrogens (tertiary/aromatic N) is 5. The van der Waals surface area contributed by atoms with Gasteiger partial charge in [-0.2, -0.15) is 5.26 Å². The number of ketones is 1. The fraction of sp³-hybridized carbons (Fsp3) is 0.250. The van der Waals surface area contributed by atoms with Gasteiger partial charge >= 0.3 is 0 Å². The van der Waals surface area contributed by atoms with E-state index < -0.39 is 0 Å². The summed E-state index contributed by atoms with van der Waals surface area (Å²) >= 11 is 1.19. The fourth-order valence-corrected chi connectivity index (χ4v) is 4.84. The van der Waals surface area contributed by atoms with E-state index in [2.05, 4.69) is 11.1 Å². The number of carbonyl (C=O) groups excluding carboxylic acids is 1. The molecule has 2 heterocycles. The van der Waals surface area contributed by atoms with E-state index in [1.165, 1.54) is 11.8 Å². The molecule has 8 heteroatoms. The Labute approximate surface area is 190 Å². The van der Waals surface area contributed by atoms with Gasteiger partial charge in [-0.15, -0.1) is 0 Å². The predicted octanol–water partition coefficient (Wildman–Crippen LogP) is 3.79. The van der Waals surface area contributed by atoms with Crippen LogP contribution < -0.4 is 15.4 Å². The molecule has 0 saturated carbocycles. The van der Waals surface area contributed by atoms with Crippen LogP contribution in [0, 0.1) is 11.3 Å². The molecule has 2 aromatic carbocycles. The lowest BCUT2D eigenvalue weighted by molar-refractivity contribution is -0.112. The van der Waals surface area contributed by atoms with Gasteiger partial charge < -0.3 is 9.80 Å². The highest BCUT2D eigenvalue weighted by Gasteiger charge is 2.31. The van der Waals surface area contributed by atoms with Crippen LogP contribution in [0.3, 0.4) is 0 Å². The highest BCUT2D eigenvalue weighted by molar-refractivity contribution is 7.99. The molecule has 0 N–H and O–H groups in total. The zero-order valence-corrected chi connectivity index (χ0v) is 19.0. The minimum atomic E-state index is -0.301. The maximum Gasteiger partial charge on any atom is 0.262 e. The smallest absolute Gasteiger partial charge is 0.262 e. The number of nitriles is 1. The van der Waals surface area contributed by atoms with Gasteiger partial charge in [0.05, 0.1) is 28.0 Å². The standard InChI is InChI=1S/C24H23N5O2S/c1-4-13-29-23(31)16-9-5-6-10-18(16)26-24(29)32-15-21(30)17(14-25)22-27(2)19-11-7-8-12-20(19)28(22)3/h5-12H,4,13,15H2,1-3H3. The van der Waals surface area contributed by atoms with Crippen molar-refractivity contribution in [2.45, 2.75) is 25.0 Å². The number of fused-ring (bicyclic) bond motifs is 2. The van der Waals surface area contributed by atoms with Crippen LogP contribution in [-0.4, -0.2) is 35.2 Å². The first-order chi connectivity index (χ1) is 15.5. The molecule has 0 saturated heterocycles. The Bertz CT molecular complexity index is 1310. The molecular formula is C24H23N5O2S. The van der Waals surface area contributed by atoms with Crippen molar-refractivity contribution in [1.82, 2.24) is 9.55 Å². The summed E-state index contributed by atoms with van der Waals surface area (Å²) < 4.78 is 1.61. The van der Waals surface area contributed by atoms with Gasteiger partial charge in [0.25, 0.3) is 5.56 Å². The number of anilines is 2. The Morgan fingerprint density at radius 2 is 1.69 bits per heavy atom. The van der Waals surface area contributed by atoms with Crippen molar-refractivity contribution in [3.05, 3.63) is 70.3 Å². The van der Waals surface area contributed by atoms with Crippen molar-refractivity contribution in [3.8, 4) is 6.07 Å². The normalized spacial score (nSPS) is 12.8. The molecule has 0 bridgehead atoms. The number of hydrogen-bond donors (Lipinski definition) is 0. The average molecular weight is 446 g/mol. The maximum absolute atomic E-state index is 13.1. The molecular weight excluding hydrogens is 422 g/mol. The average Bonchev–Trinajstić information content (AvgIpc) is 3.06. The van der Waals surface area contributed by atoms with Crippen LogP contribution in [0.2, 0.25) is 0 Å². The van der Waals surface area contributed by atoms with Crippen LogP contribution >= 0.6 is 11.8 Å². The van der Waals surface area contributed by atoms with Crippen LogP contribution in [0.4, 0.5) is 11.4 Å². The van der Waals surface area contributed by atoms with Crippen LogP contribution in [0.25, 0.3) is 10.9 Å². The SMILES string of the molecule is CCCn1c(SCC(=O)C(C#N)=C2N(C)c3ccccc3N2C)nc2ccccc2c1=O. The van der Waals surface area contributed by atoms with Gasteiger partial charge in [-0.05, 0) is 30.7 Å². The Balaban J connectivity index is 1.66. The summed E-state index contributed by atoms with van der Waals surface area (Å²) in [4.78, 5) is 34.4.